The van der Waals surface area contributed by atoms with Crippen LogP contribution in [0.5, 0.6) is 0 Å². The number of halogens is 1. The Bertz CT molecular complexity index is 769. The monoisotopic (exact) mass is 377 g/mol. The van der Waals surface area contributed by atoms with Crippen molar-refractivity contribution in [2.24, 2.45) is 7.05 Å². The second kappa shape index (κ2) is 6.49. The fraction of sp³-hybridized carbons (Fsp3) is 0.333. The lowest BCUT2D eigenvalue weighted by molar-refractivity contribution is 0.0746. The van der Waals surface area contributed by atoms with E-state index in [0.717, 1.165) is 5.69 Å². The summed E-state index contributed by atoms with van der Waals surface area (Å²) in [5, 5.41) is 4.06. The zero-order chi connectivity index (χ0) is 16.4. The van der Waals surface area contributed by atoms with Gasteiger partial charge in [-0.15, -0.1) is 0 Å². The van der Waals surface area contributed by atoms with Crippen molar-refractivity contribution in [3.05, 3.63) is 51.1 Å². The zero-order valence-electron chi connectivity index (χ0n) is 12.6. The van der Waals surface area contributed by atoms with Crippen LogP contribution in [0.25, 0.3) is 0 Å². The van der Waals surface area contributed by atoms with Gasteiger partial charge in [0.25, 0.3) is 11.5 Å². The third-order valence-corrected chi connectivity index (χ3v) is 4.62. The van der Waals surface area contributed by atoms with Crippen molar-refractivity contribution in [1.29, 1.82) is 0 Å². The summed E-state index contributed by atoms with van der Waals surface area (Å²) in [6, 6.07) is 3.52. The van der Waals surface area contributed by atoms with Crippen LogP contribution < -0.4 is 10.5 Å². The molecule has 0 aliphatic carbocycles. The van der Waals surface area contributed by atoms with E-state index >= 15 is 0 Å². The first-order valence-electron chi connectivity index (χ1n) is 7.24. The number of carbonyl (C=O) groups is 1. The molecule has 0 radical (unpaired) electrons. The molecule has 1 fully saturated rings. The summed E-state index contributed by atoms with van der Waals surface area (Å²) in [5.74, 6) is -0.0149. The lowest BCUT2D eigenvalue weighted by Gasteiger charge is -2.36. The molecule has 0 bridgehead atoms. The highest BCUT2D eigenvalue weighted by Gasteiger charge is 2.24. The highest BCUT2D eigenvalue weighted by molar-refractivity contribution is 9.10. The highest BCUT2D eigenvalue weighted by Crippen LogP contribution is 2.23. The summed E-state index contributed by atoms with van der Waals surface area (Å²) in [5.41, 5.74) is 1.19. The predicted octanol–water partition coefficient (Wildman–Crippen LogP) is 0.900. The van der Waals surface area contributed by atoms with Gasteiger partial charge in [0.2, 0.25) is 0 Å². The van der Waals surface area contributed by atoms with Crippen molar-refractivity contribution in [3.8, 4) is 0 Å². The molecule has 1 aliphatic rings. The first-order chi connectivity index (χ1) is 11.1. The highest BCUT2D eigenvalue weighted by atomic mass is 79.9. The van der Waals surface area contributed by atoms with Crippen molar-refractivity contribution >= 4 is 27.5 Å². The molecule has 1 saturated heterocycles. The van der Waals surface area contributed by atoms with Crippen LogP contribution in [0.4, 0.5) is 5.69 Å². The molecule has 0 N–H and O–H groups in total. The summed E-state index contributed by atoms with van der Waals surface area (Å²) in [6.45, 7) is 2.49. The van der Waals surface area contributed by atoms with E-state index in [-0.39, 0.29) is 11.5 Å². The van der Waals surface area contributed by atoms with Gasteiger partial charge in [-0.3, -0.25) is 14.6 Å². The number of rotatable bonds is 2. The Hall–Kier alpha value is -2.22. The molecular weight excluding hydrogens is 362 g/mol. The van der Waals surface area contributed by atoms with Gasteiger partial charge in [-0.25, -0.2) is 4.68 Å². The van der Waals surface area contributed by atoms with E-state index in [2.05, 4.69) is 30.9 Å². The fourth-order valence-electron chi connectivity index (χ4n) is 2.54. The first kappa shape index (κ1) is 15.7. The number of nitrogens with zero attached hydrogens (tertiary/aromatic N) is 5. The van der Waals surface area contributed by atoms with Gasteiger partial charge in [0.05, 0.1) is 17.4 Å². The number of anilines is 1. The number of pyridine rings is 1. The molecule has 8 heteroatoms. The lowest BCUT2D eigenvalue weighted by atomic mass is 10.2. The van der Waals surface area contributed by atoms with Crippen molar-refractivity contribution in [2.75, 3.05) is 31.1 Å². The van der Waals surface area contributed by atoms with Crippen LogP contribution in [0.15, 0.2) is 40.0 Å². The maximum Gasteiger partial charge on any atom is 0.282 e. The third kappa shape index (κ3) is 3.12. The van der Waals surface area contributed by atoms with Gasteiger partial charge in [-0.1, -0.05) is 0 Å². The number of aryl methyl sites for hydroxylation is 1. The van der Waals surface area contributed by atoms with Crippen LogP contribution in [0.1, 0.15) is 10.4 Å². The number of piperazine rings is 1. The summed E-state index contributed by atoms with van der Waals surface area (Å²) < 4.78 is 1.79. The van der Waals surface area contributed by atoms with Crippen LogP contribution in [0.3, 0.4) is 0 Å². The minimum Gasteiger partial charge on any atom is -0.366 e. The standard InChI is InChI=1S/C15H16BrN5O2/c1-19-15(23)13(16)12(10-18-19)20-5-7-21(8-6-20)14(22)11-3-2-4-17-9-11/h2-4,9-10H,5-8H2,1H3. The van der Waals surface area contributed by atoms with Gasteiger partial charge in [-0.2, -0.15) is 5.10 Å². The van der Waals surface area contributed by atoms with Gasteiger partial charge in [0.1, 0.15) is 4.47 Å². The Kier molecular flexibility index (Phi) is 4.42. The van der Waals surface area contributed by atoms with Crippen LogP contribution in [-0.4, -0.2) is 51.8 Å². The van der Waals surface area contributed by atoms with Gasteiger partial charge in [0, 0.05) is 45.6 Å². The van der Waals surface area contributed by atoms with Crippen molar-refractivity contribution in [3.63, 3.8) is 0 Å². The van der Waals surface area contributed by atoms with E-state index in [1.165, 1.54) is 4.68 Å². The zero-order valence-corrected chi connectivity index (χ0v) is 14.2. The Morgan fingerprint density at radius 3 is 2.61 bits per heavy atom. The Morgan fingerprint density at radius 1 is 1.22 bits per heavy atom. The number of carbonyl (C=O) groups excluding carboxylic acids is 1. The molecule has 3 rings (SSSR count). The molecule has 7 nitrogen and oxygen atoms in total. The second-order valence-electron chi connectivity index (χ2n) is 5.29. The van der Waals surface area contributed by atoms with Crippen LogP contribution >= 0.6 is 15.9 Å². The SMILES string of the molecule is Cn1ncc(N2CCN(C(=O)c3cccnc3)CC2)c(Br)c1=O. The Morgan fingerprint density at radius 2 is 1.96 bits per heavy atom. The number of hydrogen-bond acceptors (Lipinski definition) is 5. The minimum atomic E-state index is -0.170. The van der Waals surface area contributed by atoms with Crippen molar-refractivity contribution in [1.82, 2.24) is 19.7 Å². The maximum absolute atomic E-state index is 12.4. The van der Waals surface area contributed by atoms with Gasteiger partial charge in [0.15, 0.2) is 0 Å². The summed E-state index contributed by atoms with van der Waals surface area (Å²) >= 11 is 3.34. The number of hydrogen-bond donors (Lipinski definition) is 0. The predicted molar refractivity (Wildman–Crippen MR) is 89.5 cm³/mol. The van der Waals surface area contributed by atoms with Crippen LogP contribution in [0.2, 0.25) is 0 Å². The molecule has 0 aromatic carbocycles. The van der Waals surface area contributed by atoms with Crippen molar-refractivity contribution < 1.29 is 4.79 Å². The van der Waals surface area contributed by atoms with Gasteiger partial charge in [-0.05, 0) is 28.1 Å². The minimum absolute atomic E-state index is 0.0149. The van der Waals surface area contributed by atoms with E-state index < -0.39 is 0 Å². The maximum atomic E-state index is 12.4. The molecule has 1 aliphatic heterocycles. The molecule has 3 heterocycles. The molecule has 1 amide bonds. The first-order valence-corrected chi connectivity index (χ1v) is 8.03. The van der Waals surface area contributed by atoms with E-state index in [9.17, 15) is 9.59 Å². The number of amides is 1. The van der Waals surface area contributed by atoms with Crippen LogP contribution in [0, 0.1) is 0 Å². The molecule has 120 valence electrons. The summed E-state index contributed by atoms with van der Waals surface area (Å²) in [4.78, 5) is 32.2. The molecule has 0 spiro atoms. The largest absolute Gasteiger partial charge is 0.366 e. The van der Waals surface area contributed by atoms with E-state index in [1.807, 2.05) is 0 Å². The molecule has 0 unspecified atom stereocenters. The molecule has 0 atom stereocenters. The normalized spacial score (nSPS) is 14.9. The quantitative estimate of drug-likeness (QED) is 0.777. The second-order valence-corrected chi connectivity index (χ2v) is 6.09. The summed E-state index contributed by atoms with van der Waals surface area (Å²) in [7, 11) is 1.61. The molecule has 2 aromatic heterocycles. The van der Waals surface area contributed by atoms with E-state index in [4.69, 9.17) is 0 Å². The molecular formula is C15H16BrN5O2. The lowest BCUT2D eigenvalue weighted by Crippen LogP contribution is -2.49. The van der Waals surface area contributed by atoms with E-state index in [1.54, 1.807) is 42.7 Å². The third-order valence-electron chi connectivity index (χ3n) is 3.88. The molecule has 23 heavy (non-hydrogen) atoms. The van der Waals surface area contributed by atoms with Crippen molar-refractivity contribution in [2.45, 2.75) is 0 Å². The average molecular weight is 378 g/mol. The van der Waals surface area contributed by atoms with Gasteiger partial charge >= 0.3 is 0 Å². The topological polar surface area (TPSA) is 71.3 Å². The fourth-order valence-corrected chi connectivity index (χ4v) is 3.15. The van der Waals surface area contributed by atoms with Crippen LogP contribution in [-0.2, 0) is 7.05 Å². The Labute approximate surface area is 141 Å². The summed E-state index contributed by atoms with van der Waals surface area (Å²) in [6.07, 6.45) is 4.90. The number of aromatic nitrogens is 3. The average Bonchev–Trinajstić information content (AvgIpc) is 2.60. The smallest absolute Gasteiger partial charge is 0.282 e. The van der Waals surface area contributed by atoms with Gasteiger partial charge < -0.3 is 9.80 Å². The molecule has 2 aromatic rings. The molecule has 0 saturated carbocycles. The Balaban J connectivity index is 1.71. The van der Waals surface area contributed by atoms with E-state index in [0.29, 0.717) is 36.2 Å².